The van der Waals surface area contributed by atoms with Gasteiger partial charge in [0.15, 0.2) is 21.3 Å². The van der Waals surface area contributed by atoms with Gasteiger partial charge in [-0.15, -0.1) is 0 Å². The van der Waals surface area contributed by atoms with Gasteiger partial charge in [0.05, 0.1) is 24.5 Å². The first kappa shape index (κ1) is 21.3. The lowest BCUT2D eigenvalue weighted by Crippen LogP contribution is -2.41. The predicted octanol–water partition coefficient (Wildman–Crippen LogP) is 2.87. The van der Waals surface area contributed by atoms with Gasteiger partial charge in [0, 0.05) is 0 Å². The average Bonchev–Trinajstić information content (AvgIpc) is 2.53. The van der Waals surface area contributed by atoms with E-state index in [-0.39, 0.29) is 12.1 Å². The number of amides is 1. The van der Waals surface area contributed by atoms with Crippen LogP contribution in [-0.4, -0.2) is 38.0 Å². The van der Waals surface area contributed by atoms with E-state index < -0.39 is 26.2 Å². The molecular formula is C18H29NO5S. The molecule has 25 heavy (non-hydrogen) atoms. The number of hydrogen-bond donors (Lipinski definition) is 1. The molecule has 0 heterocycles. The molecule has 0 unspecified atom stereocenters. The highest BCUT2D eigenvalue weighted by molar-refractivity contribution is 7.93. The summed E-state index contributed by atoms with van der Waals surface area (Å²) in [6, 6.07) is 5.03. The van der Waals surface area contributed by atoms with Crippen molar-refractivity contribution in [1.29, 1.82) is 0 Å². The molecule has 7 heteroatoms. The Hall–Kier alpha value is -1.76. The number of hydrogen-bond acceptors (Lipinski definition) is 5. The summed E-state index contributed by atoms with van der Waals surface area (Å²) >= 11 is 0. The van der Waals surface area contributed by atoms with Crippen LogP contribution in [0, 0.1) is 0 Å². The summed E-state index contributed by atoms with van der Waals surface area (Å²) in [5, 5.41) is 1.06. The third kappa shape index (κ3) is 5.36. The van der Waals surface area contributed by atoms with E-state index in [0.717, 1.165) is 5.56 Å². The van der Waals surface area contributed by atoms with Crippen molar-refractivity contribution < 1.29 is 22.7 Å². The predicted molar refractivity (Wildman–Crippen MR) is 98.8 cm³/mol. The molecular weight excluding hydrogens is 342 g/mol. The van der Waals surface area contributed by atoms with Crippen LogP contribution in [0.5, 0.6) is 11.5 Å². The van der Waals surface area contributed by atoms with Crippen molar-refractivity contribution in [3.05, 3.63) is 23.8 Å². The molecule has 2 atom stereocenters. The van der Waals surface area contributed by atoms with E-state index in [0.29, 0.717) is 11.5 Å². The molecule has 0 radical (unpaired) electrons. The van der Waals surface area contributed by atoms with E-state index in [2.05, 4.69) is 5.32 Å². The number of carbonyl (C=O) groups excluding carboxylic acids is 1. The SMILES string of the molecule is COc1cc([C@H](C)NC(=O)[C@@H](C)S(=O)(=O)C(C)C)ccc1OC(C)C. The summed E-state index contributed by atoms with van der Waals surface area (Å²) in [5.41, 5.74) is 0.801. The Kier molecular flexibility index (Phi) is 7.29. The smallest absolute Gasteiger partial charge is 0.238 e. The van der Waals surface area contributed by atoms with Crippen LogP contribution >= 0.6 is 0 Å². The Bertz CT molecular complexity index is 697. The quantitative estimate of drug-likeness (QED) is 0.760. The third-order valence-electron chi connectivity index (χ3n) is 3.93. The summed E-state index contributed by atoms with van der Waals surface area (Å²) in [5.74, 6) is 0.674. The van der Waals surface area contributed by atoms with Gasteiger partial charge in [0.2, 0.25) is 5.91 Å². The average molecular weight is 371 g/mol. The lowest BCUT2D eigenvalue weighted by Gasteiger charge is -2.21. The summed E-state index contributed by atoms with van der Waals surface area (Å²) in [7, 11) is -1.95. The summed E-state index contributed by atoms with van der Waals surface area (Å²) in [6.45, 7) is 10.2. The number of nitrogens with one attached hydrogen (secondary N) is 1. The summed E-state index contributed by atoms with van der Waals surface area (Å²) in [6.07, 6.45) is 0.0129. The summed E-state index contributed by atoms with van der Waals surface area (Å²) < 4.78 is 35.3. The molecule has 0 aliphatic carbocycles. The Labute approximate surface area is 150 Å². The number of ether oxygens (including phenoxy) is 2. The molecule has 0 fully saturated rings. The molecule has 0 saturated carbocycles. The minimum Gasteiger partial charge on any atom is -0.493 e. The Balaban J connectivity index is 2.94. The zero-order chi connectivity index (χ0) is 19.4. The number of rotatable bonds is 8. The lowest BCUT2D eigenvalue weighted by atomic mass is 10.1. The van der Waals surface area contributed by atoms with E-state index in [1.54, 1.807) is 40.0 Å². The fraction of sp³-hybridized carbons (Fsp3) is 0.611. The maximum Gasteiger partial charge on any atom is 0.238 e. The number of methoxy groups -OCH3 is 1. The normalized spacial score (nSPS) is 14.3. The van der Waals surface area contributed by atoms with Crippen LogP contribution in [0.15, 0.2) is 18.2 Å². The van der Waals surface area contributed by atoms with Crippen molar-refractivity contribution in [2.24, 2.45) is 0 Å². The Morgan fingerprint density at radius 3 is 2.12 bits per heavy atom. The number of carbonyl (C=O) groups is 1. The van der Waals surface area contributed by atoms with Crippen molar-refractivity contribution >= 4 is 15.7 Å². The van der Waals surface area contributed by atoms with Gasteiger partial charge in [-0.25, -0.2) is 8.42 Å². The minimum atomic E-state index is -3.49. The van der Waals surface area contributed by atoms with E-state index in [4.69, 9.17) is 9.47 Å². The Morgan fingerprint density at radius 1 is 1.04 bits per heavy atom. The van der Waals surface area contributed by atoms with Crippen molar-refractivity contribution in [3.63, 3.8) is 0 Å². The highest BCUT2D eigenvalue weighted by Gasteiger charge is 2.31. The fourth-order valence-corrected chi connectivity index (χ4v) is 3.46. The molecule has 6 nitrogen and oxygen atoms in total. The highest BCUT2D eigenvalue weighted by Crippen LogP contribution is 2.31. The monoisotopic (exact) mass is 371 g/mol. The first-order chi connectivity index (χ1) is 11.5. The highest BCUT2D eigenvalue weighted by atomic mass is 32.2. The molecule has 1 aromatic rings. The van der Waals surface area contributed by atoms with Crippen LogP contribution in [-0.2, 0) is 14.6 Å². The second-order valence-electron chi connectivity index (χ2n) is 6.59. The number of sulfone groups is 1. The van der Waals surface area contributed by atoms with Gasteiger partial charge in [-0.3, -0.25) is 4.79 Å². The molecule has 1 amide bonds. The van der Waals surface area contributed by atoms with Crippen LogP contribution in [0.1, 0.15) is 53.1 Å². The van der Waals surface area contributed by atoms with Gasteiger partial charge in [-0.2, -0.15) is 0 Å². The van der Waals surface area contributed by atoms with Gasteiger partial charge >= 0.3 is 0 Å². The zero-order valence-corrected chi connectivity index (χ0v) is 16.8. The molecule has 0 saturated heterocycles. The van der Waals surface area contributed by atoms with Crippen LogP contribution < -0.4 is 14.8 Å². The van der Waals surface area contributed by atoms with E-state index in [1.165, 1.54) is 6.92 Å². The largest absolute Gasteiger partial charge is 0.493 e. The van der Waals surface area contributed by atoms with E-state index in [1.807, 2.05) is 19.9 Å². The fourth-order valence-electron chi connectivity index (χ4n) is 2.28. The second-order valence-corrected chi connectivity index (χ2v) is 9.42. The first-order valence-electron chi connectivity index (χ1n) is 8.38. The molecule has 1 rings (SSSR count). The molecule has 1 N–H and O–H groups in total. The minimum absolute atomic E-state index is 0.0129. The maximum absolute atomic E-state index is 12.3. The topological polar surface area (TPSA) is 81.7 Å². The Morgan fingerprint density at radius 2 is 1.64 bits per heavy atom. The molecule has 0 aliphatic heterocycles. The lowest BCUT2D eigenvalue weighted by molar-refractivity contribution is -0.121. The van der Waals surface area contributed by atoms with Crippen molar-refractivity contribution in [3.8, 4) is 11.5 Å². The second kappa shape index (κ2) is 8.56. The standard InChI is InChI=1S/C18H29NO5S/c1-11(2)24-16-9-8-15(10-17(16)23-7)13(5)19-18(20)14(6)25(21,22)12(3)4/h8-14H,1-7H3,(H,19,20)/t13-,14+/m0/s1. The van der Waals surface area contributed by atoms with Crippen LogP contribution in [0.3, 0.4) is 0 Å². The van der Waals surface area contributed by atoms with Crippen LogP contribution in [0.4, 0.5) is 0 Å². The van der Waals surface area contributed by atoms with Gasteiger partial charge in [-0.05, 0) is 59.2 Å². The molecule has 0 bridgehead atoms. The van der Waals surface area contributed by atoms with Gasteiger partial charge in [-0.1, -0.05) is 6.07 Å². The molecule has 142 valence electrons. The zero-order valence-electron chi connectivity index (χ0n) is 16.0. The maximum atomic E-state index is 12.3. The summed E-state index contributed by atoms with van der Waals surface area (Å²) in [4.78, 5) is 12.3. The van der Waals surface area contributed by atoms with E-state index in [9.17, 15) is 13.2 Å². The molecule has 1 aromatic carbocycles. The van der Waals surface area contributed by atoms with E-state index >= 15 is 0 Å². The van der Waals surface area contributed by atoms with Crippen LogP contribution in [0.2, 0.25) is 0 Å². The van der Waals surface area contributed by atoms with Gasteiger partial charge in [0.1, 0.15) is 5.25 Å². The van der Waals surface area contributed by atoms with Crippen LogP contribution in [0.25, 0.3) is 0 Å². The molecule has 0 aliphatic rings. The van der Waals surface area contributed by atoms with Crippen molar-refractivity contribution in [2.75, 3.05) is 7.11 Å². The van der Waals surface area contributed by atoms with Crippen molar-refractivity contribution in [1.82, 2.24) is 5.32 Å². The first-order valence-corrected chi connectivity index (χ1v) is 9.99. The molecule has 0 spiro atoms. The number of benzene rings is 1. The van der Waals surface area contributed by atoms with Crippen molar-refractivity contribution in [2.45, 2.75) is 64.2 Å². The molecule has 0 aromatic heterocycles. The van der Waals surface area contributed by atoms with Gasteiger partial charge < -0.3 is 14.8 Å². The third-order valence-corrected chi connectivity index (χ3v) is 6.44. The van der Waals surface area contributed by atoms with Gasteiger partial charge in [0.25, 0.3) is 0 Å².